The molecular formula is C18H17Cl2N3O3. The Balaban J connectivity index is 2.05. The van der Waals surface area contributed by atoms with E-state index in [0.29, 0.717) is 28.0 Å². The van der Waals surface area contributed by atoms with Gasteiger partial charge in [0.15, 0.2) is 0 Å². The summed E-state index contributed by atoms with van der Waals surface area (Å²) in [5.74, 6) is -1.05. The lowest BCUT2D eigenvalue weighted by molar-refractivity contribution is -0.142. The summed E-state index contributed by atoms with van der Waals surface area (Å²) in [6, 6.07) is 12.4. The van der Waals surface area contributed by atoms with Crippen LogP contribution < -0.4 is 10.2 Å². The molecule has 0 radical (unpaired) electrons. The molecule has 1 aliphatic heterocycles. The van der Waals surface area contributed by atoms with Crippen LogP contribution >= 0.6 is 23.2 Å². The summed E-state index contributed by atoms with van der Waals surface area (Å²) in [6.45, 7) is 1.00. The average Bonchev–Trinajstić information content (AvgIpc) is 2.62. The maximum absolute atomic E-state index is 13.3. The molecule has 6 nitrogen and oxygen atoms in total. The van der Waals surface area contributed by atoms with Gasteiger partial charge in [-0.15, -0.1) is 0 Å². The summed E-state index contributed by atoms with van der Waals surface area (Å²) >= 11 is 12.2. The van der Waals surface area contributed by atoms with Crippen LogP contribution in [0.1, 0.15) is 0 Å². The van der Waals surface area contributed by atoms with E-state index in [2.05, 4.69) is 5.32 Å². The number of carboxylic acid groups (broad SMARTS) is 1. The van der Waals surface area contributed by atoms with Crippen LogP contribution in [0.3, 0.4) is 0 Å². The van der Waals surface area contributed by atoms with Crippen LogP contribution in [-0.2, 0) is 4.79 Å². The van der Waals surface area contributed by atoms with E-state index in [4.69, 9.17) is 23.2 Å². The number of amides is 2. The number of hydrogen-bond donors (Lipinski definition) is 2. The molecule has 2 amide bonds. The molecule has 3 rings (SSSR count). The van der Waals surface area contributed by atoms with Crippen molar-refractivity contribution in [2.45, 2.75) is 6.04 Å². The van der Waals surface area contributed by atoms with Crippen molar-refractivity contribution < 1.29 is 14.7 Å². The second kappa shape index (κ2) is 7.95. The van der Waals surface area contributed by atoms with Gasteiger partial charge in [0.2, 0.25) is 0 Å². The van der Waals surface area contributed by atoms with Gasteiger partial charge in [0.1, 0.15) is 6.04 Å². The van der Waals surface area contributed by atoms with Crippen LogP contribution in [0.2, 0.25) is 10.0 Å². The third-order valence-corrected chi connectivity index (χ3v) is 4.52. The number of hydrogen-bond acceptors (Lipinski definition) is 3. The highest BCUT2D eigenvalue weighted by Gasteiger charge is 2.35. The molecule has 1 fully saturated rings. The molecule has 26 heavy (non-hydrogen) atoms. The van der Waals surface area contributed by atoms with Crippen LogP contribution in [-0.4, -0.2) is 47.7 Å². The van der Waals surface area contributed by atoms with Crippen molar-refractivity contribution in [1.29, 1.82) is 0 Å². The number of piperazine rings is 1. The number of para-hydroxylation sites is 1. The second-order valence-electron chi connectivity index (χ2n) is 5.83. The van der Waals surface area contributed by atoms with Crippen molar-refractivity contribution in [3.8, 4) is 0 Å². The first-order valence-electron chi connectivity index (χ1n) is 8.03. The van der Waals surface area contributed by atoms with Crippen LogP contribution in [0.15, 0.2) is 48.5 Å². The Morgan fingerprint density at radius 2 is 1.73 bits per heavy atom. The molecule has 136 valence electrons. The molecule has 0 spiro atoms. The number of anilines is 2. The van der Waals surface area contributed by atoms with Crippen molar-refractivity contribution in [1.82, 2.24) is 10.2 Å². The first-order chi connectivity index (χ1) is 12.5. The zero-order valence-corrected chi connectivity index (χ0v) is 15.2. The largest absolute Gasteiger partial charge is 0.480 e. The van der Waals surface area contributed by atoms with E-state index in [1.165, 1.54) is 9.80 Å². The highest BCUT2D eigenvalue weighted by molar-refractivity contribution is 6.35. The second-order valence-corrected chi connectivity index (χ2v) is 6.71. The summed E-state index contributed by atoms with van der Waals surface area (Å²) in [6.07, 6.45) is 0. The fourth-order valence-electron chi connectivity index (χ4n) is 2.90. The standard InChI is InChI=1S/C18H17Cl2N3O3/c19-12-8-13(20)10-15(9-12)23(14-4-2-1-3-5-14)18(26)22-7-6-21-11-16(22)17(24)25/h1-5,8-10,16,21H,6-7,11H2,(H,24,25). The van der Waals surface area contributed by atoms with Crippen molar-refractivity contribution in [3.05, 3.63) is 58.6 Å². The van der Waals surface area contributed by atoms with E-state index >= 15 is 0 Å². The minimum Gasteiger partial charge on any atom is -0.480 e. The van der Waals surface area contributed by atoms with E-state index in [1.807, 2.05) is 6.07 Å². The number of nitrogens with one attached hydrogen (secondary N) is 1. The summed E-state index contributed by atoms with van der Waals surface area (Å²) in [5, 5.41) is 13.2. The van der Waals surface area contributed by atoms with Crippen molar-refractivity contribution in [3.63, 3.8) is 0 Å². The Labute approximate surface area is 160 Å². The predicted molar refractivity (Wildman–Crippen MR) is 101 cm³/mol. The lowest BCUT2D eigenvalue weighted by atomic mass is 10.2. The minimum atomic E-state index is -1.05. The minimum absolute atomic E-state index is 0.194. The number of urea groups is 1. The number of carbonyl (C=O) groups excluding carboxylic acids is 1. The lowest BCUT2D eigenvalue weighted by Crippen LogP contribution is -2.59. The van der Waals surface area contributed by atoms with Gasteiger partial charge in [-0.25, -0.2) is 9.59 Å². The highest BCUT2D eigenvalue weighted by atomic mass is 35.5. The van der Waals surface area contributed by atoms with Crippen molar-refractivity contribution in [2.24, 2.45) is 0 Å². The van der Waals surface area contributed by atoms with Crippen LogP contribution in [0.4, 0.5) is 16.2 Å². The molecular weight excluding hydrogens is 377 g/mol. The fourth-order valence-corrected chi connectivity index (χ4v) is 3.41. The summed E-state index contributed by atoms with van der Waals surface area (Å²) in [5.41, 5.74) is 1.07. The molecule has 2 aromatic rings. The van der Waals surface area contributed by atoms with Gasteiger partial charge >= 0.3 is 12.0 Å². The first kappa shape index (κ1) is 18.5. The van der Waals surface area contributed by atoms with Gasteiger partial charge in [-0.05, 0) is 30.3 Å². The molecule has 1 saturated heterocycles. The molecule has 0 bridgehead atoms. The highest BCUT2D eigenvalue weighted by Crippen LogP contribution is 2.32. The van der Waals surface area contributed by atoms with Crippen molar-refractivity contribution in [2.75, 3.05) is 24.5 Å². The maximum Gasteiger partial charge on any atom is 0.329 e. The normalized spacial score (nSPS) is 17.0. The topological polar surface area (TPSA) is 72.9 Å². The third kappa shape index (κ3) is 3.93. The Bertz CT molecular complexity index is 796. The average molecular weight is 394 g/mol. The van der Waals surface area contributed by atoms with E-state index in [0.717, 1.165) is 0 Å². The van der Waals surface area contributed by atoms with E-state index in [1.54, 1.807) is 42.5 Å². The van der Waals surface area contributed by atoms with E-state index < -0.39 is 18.0 Å². The zero-order chi connectivity index (χ0) is 18.7. The monoisotopic (exact) mass is 393 g/mol. The first-order valence-corrected chi connectivity index (χ1v) is 8.78. The van der Waals surface area contributed by atoms with Gasteiger partial charge < -0.3 is 15.3 Å². The Morgan fingerprint density at radius 1 is 1.08 bits per heavy atom. The molecule has 0 aromatic heterocycles. The van der Waals surface area contributed by atoms with E-state index in [9.17, 15) is 14.7 Å². The molecule has 1 heterocycles. The van der Waals surface area contributed by atoms with Crippen LogP contribution in [0, 0.1) is 0 Å². The molecule has 1 atom stereocenters. The predicted octanol–water partition coefficient (Wildman–Crippen LogP) is 3.61. The van der Waals surface area contributed by atoms with Crippen LogP contribution in [0.25, 0.3) is 0 Å². The summed E-state index contributed by atoms with van der Waals surface area (Å²) in [7, 11) is 0. The number of halogens is 2. The van der Waals surface area contributed by atoms with Gasteiger partial charge in [0.25, 0.3) is 0 Å². The molecule has 2 N–H and O–H groups in total. The number of carboxylic acids is 1. The van der Waals surface area contributed by atoms with Gasteiger partial charge in [-0.3, -0.25) is 4.90 Å². The molecule has 1 unspecified atom stereocenters. The summed E-state index contributed by atoms with van der Waals surface area (Å²) in [4.78, 5) is 27.7. The number of benzene rings is 2. The Morgan fingerprint density at radius 3 is 2.35 bits per heavy atom. The zero-order valence-electron chi connectivity index (χ0n) is 13.7. The maximum atomic E-state index is 13.3. The molecule has 0 saturated carbocycles. The Kier molecular flexibility index (Phi) is 5.66. The van der Waals surface area contributed by atoms with Gasteiger partial charge in [-0.2, -0.15) is 0 Å². The van der Waals surface area contributed by atoms with Gasteiger partial charge in [-0.1, -0.05) is 41.4 Å². The Hall–Kier alpha value is -2.28. The SMILES string of the molecule is O=C(O)C1CNCCN1C(=O)N(c1ccccc1)c1cc(Cl)cc(Cl)c1. The number of carbonyl (C=O) groups is 2. The third-order valence-electron chi connectivity index (χ3n) is 4.09. The van der Waals surface area contributed by atoms with E-state index in [-0.39, 0.29) is 13.1 Å². The quantitative estimate of drug-likeness (QED) is 0.835. The molecule has 1 aliphatic rings. The van der Waals surface area contributed by atoms with Crippen LogP contribution in [0.5, 0.6) is 0 Å². The smallest absolute Gasteiger partial charge is 0.329 e. The fraction of sp³-hybridized carbons (Fsp3) is 0.222. The number of nitrogens with zero attached hydrogens (tertiary/aromatic N) is 2. The number of aliphatic carboxylic acids is 1. The molecule has 2 aromatic carbocycles. The van der Waals surface area contributed by atoms with Gasteiger partial charge in [0, 0.05) is 29.7 Å². The molecule has 0 aliphatic carbocycles. The molecule has 8 heteroatoms. The van der Waals surface area contributed by atoms with Crippen molar-refractivity contribution >= 4 is 46.6 Å². The number of rotatable bonds is 3. The van der Waals surface area contributed by atoms with Gasteiger partial charge in [0.05, 0.1) is 11.4 Å². The lowest BCUT2D eigenvalue weighted by Gasteiger charge is -2.37. The summed E-state index contributed by atoms with van der Waals surface area (Å²) < 4.78 is 0.